The Bertz CT molecular complexity index is 329. The van der Waals surface area contributed by atoms with E-state index in [-0.39, 0.29) is 0 Å². The van der Waals surface area contributed by atoms with Crippen molar-refractivity contribution in [2.45, 2.75) is 59.4 Å². The molecule has 0 spiro atoms. The molecular weight excluding hydrogens is 230 g/mol. The fraction of sp³-hybridized carbons (Fsp3) is 0.667. The molecule has 1 nitrogen and oxygen atoms in total. The van der Waals surface area contributed by atoms with Crippen LogP contribution in [0.5, 0.6) is 0 Å². The fourth-order valence-electron chi connectivity index (χ4n) is 2.85. The van der Waals surface area contributed by atoms with Crippen LogP contribution in [0.4, 0.5) is 0 Å². The molecule has 2 atom stereocenters. The highest BCUT2D eigenvalue weighted by molar-refractivity contribution is 5.21. The van der Waals surface area contributed by atoms with Crippen LogP contribution >= 0.6 is 0 Å². The SMILES string of the molecule is CCCNC(C(C)C)C(CC(C)C)c1ccccc1. The maximum absolute atomic E-state index is 3.77. The van der Waals surface area contributed by atoms with E-state index in [4.69, 9.17) is 0 Å². The van der Waals surface area contributed by atoms with E-state index in [2.05, 4.69) is 70.3 Å². The highest BCUT2D eigenvalue weighted by Crippen LogP contribution is 2.30. The lowest BCUT2D eigenvalue weighted by molar-refractivity contribution is 0.309. The molecule has 0 amide bonds. The summed E-state index contributed by atoms with van der Waals surface area (Å²) in [5.74, 6) is 2.01. The summed E-state index contributed by atoms with van der Waals surface area (Å²) in [5, 5.41) is 3.77. The van der Waals surface area contributed by atoms with Gasteiger partial charge in [-0.15, -0.1) is 0 Å². The van der Waals surface area contributed by atoms with Crippen LogP contribution in [0, 0.1) is 11.8 Å². The second-order valence-corrected chi connectivity index (χ2v) is 6.37. The molecule has 19 heavy (non-hydrogen) atoms. The van der Waals surface area contributed by atoms with E-state index >= 15 is 0 Å². The molecule has 1 heteroatoms. The Balaban J connectivity index is 2.92. The monoisotopic (exact) mass is 261 g/mol. The molecule has 1 N–H and O–H groups in total. The van der Waals surface area contributed by atoms with Crippen LogP contribution in [0.15, 0.2) is 30.3 Å². The van der Waals surface area contributed by atoms with E-state index < -0.39 is 0 Å². The summed E-state index contributed by atoms with van der Waals surface area (Å²) >= 11 is 0. The van der Waals surface area contributed by atoms with Gasteiger partial charge in [0.15, 0.2) is 0 Å². The van der Waals surface area contributed by atoms with Crippen LogP contribution < -0.4 is 5.32 Å². The largest absolute Gasteiger partial charge is 0.313 e. The summed E-state index contributed by atoms with van der Waals surface area (Å²) in [6.07, 6.45) is 2.45. The molecule has 0 bridgehead atoms. The molecule has 0 aromatic heterocycles. The van der Waals surface area contributed by atoms with Gasteiger partial charge in [-0.1, -0.05) is 65.0 Å². The zero-order chi connectivity index (χ0) is 14.3. The van der Waals surface area contributed by atoms with Crippen molar-refractivity contribution in [3.05, 3.63) is 35.9 Å². The van der Waals surface area contributed by atoms with Crippen molar-refractivity contribution in [2.24, 2.45) is 11.8 Å². The molecule has 1 aromatic carbocycles. The molecule has 0 saturated carbocycles. The summed E-state index contributed by atoms with van der Waals surface area (Å²) in [7, 11) is 0. The van der Waals surface area contributed by atoms with Crippen LogP contribution in [0.1, 0.15) is 58.9 Å². The molecule has 2 unspecified atom stereocenters. The molecule has 0 aliphatic carbocycles. The lowest BCUT2D eigenvalue weighted by Crippen LogP contribution is -2.40. The Labute approximate surface area is 119 Å². The lowest BCUT2D eigenvalue weighted by atomic mass is 9.80. The standard InChI is InChI=1S/C18H31N/c1-6-12-19-18(15(4)5)17(13-14(2)3)16-10-8-7-9-11-16/h7-11,14-15,17-19H,6,12-13H2,1-5H3. The maximum Gasteiger partial charge on any atom is 0.0159 e. The minimum atomic E-state index is 0.574. The Hall–Kier alpha value is -0.820. The van der Waals surface area contributed by atoms with Crippen molar-refractivity contribution in [1.82, 2.24) is 5.32 Å². The topological polar surface area (TPSA) is 12.0 Å². The molecule has 1 aromatic rings. The summed E-state index contributed by atoms with van der Waals surface area (Å²) in [6.45, 7) is 12.7. The predicted molar refractivity (Wildman–Crippen MR) is 85.6 cm³/mol. The molecule has 0 heterocycles. The highest BCUT2D eigenvalue weighted by Gasteiger charge is 2.25. The Morgan fingerprint density at radius 2 is 1.63 bits per heavy atom. The first kappa shape index (κ1) is 16.2. The zero-order valence-corrected chi connectivity index (χ0v) is 13.3. The van der Waals surface area contributed by atoms with E-state index in [1.54, 1.807) is 0 Å². The first-order valence-electron chi connectivity index (χ1n) is 7.84. The van der Waals surface area contributed by atoms with E-state index in [9.17, 15) is 0 Å². The Morgan fingerprint density at radius 1 is 1.00 bits per heavy atom. The highest BCUT2D eigenvalue weighted by atomic mass is 14.9. The van der Waals surface area contributed by atoms with Gasteiger partial charge in [0.1, 0.15) is 0 Å². The van der Waals surface area contributed by atoms with Gasteiger partial charge < -0.3 is 5.32 Å². The molecular formula is C18H31N. The van der Waals surface area contributed by atoms with Gasteiger partial charge >= 0.3 is 0 Å². The van der Waals surface area contributed by atoms with Gasteiger partial charge in [-0.2, -0.15) is 0 Å². The van der Waals surface area contributed by atoms with E-state index in [1.807, 2.05) is 0 Å². The molecule has 1 rings (SSSR count). The number of rotatable bonds is 8. The van der Waals surface area contributed by atoms with Crippen LogP contribution in [0.3, 0.4) is 0 Å². The number of hydrogen-bond donors (Lipinski definition) is 1. The summed E-state index contributed by atoms with van der Waals surface area (Å²) in [6, 6.07) is 11.6. The van der Waals surface area contributed by atoms with Crippen molar-refractivity contribution < 1.29 is 0 Å². The van der Waals surface area contributed by atoms with Crippen LogP contribution in [0.2, 0.25) is 0 Å². The smallest absolute Gasteiger partial charge is 0.0159 e. The molecule has 0 aliphatic rings. The second-order valence-electron chi connectivity index (χ2n) is 6.37. The summed E-state index contributed by atoms with van der Waals surface area (Å²) in [4.78, 5) is 0. The van der Waals surface area contributed by atoms with Gasteiger partial charge in [0.25, 0.3) is 0 Å². The molecule has 0 radical (unpaired) electrons. The summed E-state index contributed by atoms with van der Waals surface area (Å²) in [5.41, 5.74) is 1.48. The third kappa shape index (κ3) is 5.36. The third-order valence-corrected chi connectivity index (χ3v) is 3.73. The first-order chi connectivity index (χ1) is 9.06. The van der Waals surface area contributed by atoms with Crippen LogP contribution in [-0.4, -0.2) is 12.6 Å². The van der Waals surface area contributed by atoms with Crippen LogP contribution in [0.25, 0.3) is 0 Å². The number of nitrogens with one attached hydrogen (secondary N) is 1. The predicted octanol–water partition coefficient (Wildman–Crippen LogP) is 4.84. The minimum absolute atomic E-state index is 0.574. The fourth-order valence-corrected chi connectivity index (χ4v) is 2.85. The first-order valence-corrected chi connectivity index (χ1v) is 7.84. The Kier molecular flexibility index (Phi) is 7.15. The van der Waals surface area contributed by atoms with Gasteiger partial charge in [0.05, 0.1) is 0 Å². The molecule has 0 saturated heterocycles. The van der Waals surface area contributed by atoms with Crippen molar-refractivity contribution >= 4 is 0 Å². The zero-order valence-electron chi connectivity index (χ0n) is 13.3. The van der Waals surface area contributed by atoms with Crippen molar-refractivity contribution in [3.8, 4) is 0 Å². The van der Waals surface area contributed by atoms with Crippen molar-refractivity contribution in [3.63, 3.8) is 0 Å². The maximum atomic E-state index is 3.77. The van der Waals surface area contributed by atoms with Gasteiger partial charge in [-0.05, 0) is 42.7 Å². The van der Waals surface area contributed by atoms with Gasteiger partial charge in [-0.25, -0.2) is 0 Å². The summed E-state index contributed by atoms with van der Waals surface area (Å²) < 4.78 is 0. The quantitative estimate of drug-likeness (QED) is 0.706. The molecule has 0 aliphatic heterocycles. The van der Waals surface area contributed by atoms with Crippen molar-refractivity contribution in [2.75, 3.05) is 6.54 Å². The minimum Gasteiger partial charge on any atom is -0.313 e. The number of hydrogen-bond acceptors (Lipinski definition) is 1. The van der Waals surface area contributed by atoms with E-state index in [0.29, 0.717) is 17.9 Å². The second kappa shape index (κ2) is 8.37. The Morgan fingerprint density at radius 3 is 2.11 bits per heavy atom. The van der Waals surface area contributed by atoms with E-state index in [1.165, 1.54) is 18.4 Å². The third-order valence-electron chi connectivity index (χ3n) is 3.73. The average molecular weight is 261 g/mol. The van der Waals surface area contributed by atoms with E-state index in [0.717, 1.165) is 12.5 Å². The van der Waals surface area contributed by atoms with Gasteiger partial charge in [0, 0.05) is 6.04 Å². The number of benzene rings is 1. The normalized spacial score (nSPS) is 14.9. The van der Waals surface area contributed by atoms with Gasteiger partial charge in [-0.3, -0.25) is 0 Å². The average Bonchev–Trinajstić information content (AvgIpc) is 2.38. The van der Waals surface area contributed by atoms with Crippen LogP contribution in [-0.2, 0) is 0 Å². The molecule has 0 fully saturated rings. The molecule has 108 valence electrons. The van der Waals surface area contributed by atoms with Crippen molar-refractivity contribution in [1.29, 1.82) is 0 Å². The lowest BCUT2D eigenvalue weighted by Gasteiger charge is -2.33. The van der Waals surface area contributed by atoms with Gasteiger partial charge in [0.2, 0.25) is 0 Å².